The van der Waals surface area contributed by atoms with Gasteiger partial charge in [0.1, 0.15) is 0 Å². The van der Waals surface area contributed by atoms with Gasteiger partial charge in [0, 0.05) is 44.8 Å². The largest absolute Gasteiger partial charge is 0.493 e. The van der Waals surface area contributed by atoms with Crippen LogP contribution in [0, 0.1) is 0 Å². The molecule has 2 aromatic rings. The number of fused-ring (bicyclic) bond motifs is 1. The Kier molecular flexibility index (Phi) is 8.98. The first-order valence-corrected chi connectivity index (χ1v) is 10.9. The molecule has 190 valence electrons. The van der Waals surface area contributed by atoms with E-state index < -0.39 is 11.9 Å². The van der Waals surface area contributed by atoms with E-state index in [1.807, 2.05) is 12.1 Å². The van der Waals surface area contributed by atoms with Crippen LogP contribution in [0.15, 0.2) is 30.3 Å². The summed E-state index contributed by atoms with van der Waals surface area (Å²) in [4.78, 5) is 23.1. The second kappa shape index (κ2) is 12.1. The molecule has 0 unspecified atom stereocenters. The van der Waals surface area contributed by atoms with E-state index in [9.17, 15) is 0 Å². The van der Waals surface area contributed by atoms with Crippen molar-refractivity contribution in [2.45, 2.75) is 13.1 Å². The zero-order chi connectivity index (χ0) is 25.4. The third-order valence-corrected chi connectivity index (χ3v) is 5.67. The summed E-state index contributed by atoms with van der Waals surface area (Å²) in [5, 5.41) is 14.8. The molecule has 0 amide bonds. The van der Waals surface area contributed by atoms with E-state index in [4.69, 9.17) is 43.5 Å². The summed E-state index contributed by atoms with van der Waals surface area (Å²) in [6.07, 6.45) is 0. The molecule has 2 aliphatic rings. The molecule has 2 aromatic carbocycles. The number of ether oxygens (including phenoxy) is 5. The minimum atomic E-state index is -1.82. The van der Waals surface area contributed by atoms with Crippen LogP contribution in [0.25, 0.3) is 0 Å². The van der Waals surface area contributed by atoms with Crippen molar-refractivity contribution in [3.8, 4) is 28.7 Å². The Morgan fingerprint density at radius 3 is 1.97 bits per heavy atom. The van der Waals surface area contributed by atoms with E-state index in [1.54, 1.807) is 21.3 Å². The maximum atomic E-state index is 9.10. The Morgan fingerprint density at radius 1 is 0.800 bits per heavy atom. The van der Waals surface area contributed by atoms with Crippen molar-refractivity contribution in [3.05, 3.63) is 41.5 Å². The zero-order valence-electron chi connectivity index (χ0n) is 20.0. The number of carboxylic acid groups (broad SMARTS) is 2. The van der Waals surface area contributed by atoms with Crippen LogP contribution in [-0.2, 0) is 22.7 Å². The second-order valence-electron chi connectivity index (χ2n) is 7.84. The summed E-state index contributed by atoms with van der Waals surface area (Å²) >= 11 is 0. The number of rotatable bonds is 7. The quantitative estimate of drug-likeness (QED) is 0.553. The Labute approximate surface area is 203 Å². The number of methoxy groups -OCH3 is 3. The average molecular weight is 491 g/mol. The van der Waals surface area contributed by atoms with Gasteiger partial charge in [-0.05, 0) is 23.8 Å². The molecule has 0 bridgehead atoms. The highest BCUT2D eigenvalue weighted by molar-refractivity contribution is 6.27. The molecule has 35 heavy (non-hydrogen) atoms. The summed E-state index contributed by atoms with van der Waals surface area (Å²) in [6.45, 7) is 6.10. The highest BCUT2D eigenvalue weighted by Gasteiger charge is 2.22. The number of carboxylic acids is 2. The number of nitrogens with zero attached hydrogens (tertiary/aromatic N) is 2. The van der Waals surface area contributed by atoms with Crippen LogP contribution in [0.2, 0.25) is 0 Å². The van der Waals surface area contributed by atoms with E-state index in [0.29, 0.717) is 18.3 Å². The molecule has 11 nitrogen and oxygen atoms in total. The molecule has 1 saturated heterocycles. The molecule has 2 heterocycles. The molecule has 1 fully saturated rings. The molecular weight excluding hydrogens is 460 g/mol. The first-order chi connectivity index (χ1) is 16.9. The van der Waals surface area contributed by atoms with Crippen LogP contribution in [0.4, 0.5) is 0 Å². The highest BCUT2D eigenvalue weighted by Crippen LogP contribution is 2.40. The number of hydrogen-bond donors (Lipinski definition) is 2. The molecule has 0 aromatic heterocycles. The van der Waals surface area contributed by atoms with Gasteiger partial charge in [0.2, 0.25) is 12.5 Å². The Morgan fingerprint density at radius 2 is 1.40 bits per heavy atom. The predicted molar refractivity (Wildman–Crippen MR) is 124 cm³/mol. The monoisotopic (exact) mass is 490 g/mol. The SMILES string of the molecule is COc1ccc(CN2CCN(Cc3ccc4c(c3)OCO4)CC2)c(OC)c1OC.O=C(O)C(=O)O. The van der Waals surface area contributed by atoms with Gasteiger partial charge in [-0.3, -0.25) is 9.80 Å². The number of benzene rings is 2. The van der Waals surface area contributed by atoms with E-state index in [-0.39, 0.29) is 0 Å². The summed E-state index contributed by atoms with van der Waals surface area (Å²) in [7, 11) is 4.94. The normalized spacial score (nSPS) is 15.1. The molecule has 0 aliphatic carbocycles. The van der Waals surface area contributed by atoms with Gasteiger partial charge in [0.25, 0.3) is 0 Å². The third kappa shape index (κ3) is 6.67. The molecule has 0 spiro atoms. The van der Waals surface area contributed by atoms with Crippen molar-refractivity contribution in [2.75, 3.05) is 54.3 Å². The van der Waals surface area contributed by atoms with Crippen molar-refractivity contribution in [1.82, 2.24) is 9.80 Å². The van der Waals surface area contributed by atoms with Gasteiger partial charge >= 0.3 is 11.9 Å². The fraction of sp³-hybridized carbons (Fsp3) is 0.417. The third-order valence-electron chi connectivity index (χ3n) is 5.67. The number of hydrogen-bond acceptors (Lipinski definition) is 9. The van der Waals surface area contributed by atoms with Crippen LogP contribution in [0.3, 0.4) is 0 Å². The predicted octanol–water partition coefficient (Wildman–Crippen LogP) is 1.91. The van der Waals surface area contributed by atoms with Crippen LogP contribution < -0.4 is 23.7 Å². The first kappa shape index (κ1) is 25.9. The Hall–Kier alpha value is -3.70. The van der Waals surface area contributed by atoms with Crippen molar-refractivity contribution in [1.29, 1.82) is 0 Å². The van der Waals surface area contributed by atoms with Gasteiger partial charge in [0.05, 0.1) is 21.3 Å². The summed E-state index contributed by atoms with van der Waals surface area (Å²) in [5.74, 6) is 0.111. The minimum absolute atomic E-state index is 0.317. The lowest BCUT2D eigenvalue weighted by Gasteiger charge is -2.35. The van der Waals surface area contributed by atoms with E-state index in [0.717, 1.165) is 62.1 Å². The maximum absolute atomic E-state index is 9.10. The summed E-state index contributed by atoms with van der Waals surface area (Å²) < 4.78 is 27.4. The summed E-state index contributed by atoms with van der Waals surface area (Å²) in [6, 6.07) is 10.2. The lowest BCUT2D eigenvalue weighted by molar-refractivity contribution is -0.159. The lowest BCUT2D eigenvalue weighted by atomic mass is 10.1. The fourth-order valence-electron chi connectivity index (χ4n) is 3.93. The number of aliphatic carboxylic acids is 2. The van der Waals surface area contributed by atoms with Crippen LogP contribution in [0.1, 0.15) is 11.1 Å². The first-order valence-electron chi connectivity index (χ1n) is 10.9. The Balaban J connectivity index is 0.000000509. The fourth-order valence-corrected chi connectivity index (χ4v) is 3.93. The van der Waals surface area contributed by atoms with Gasteiger partial charge < -0.3 is 33.9 Å². The van der Waals surface area contributed by atoms with Crippen molar-refractivity contribution < 1.29 is 43.5 Å². The van der Waals surface area contributed by atoms with E-state index >= 15 is 0 Å². The van der Waals surface area contributed by atoms with Crippen LogP contribution in [0.5, 0.6) is 28.7 Å². The topological polar surface area (TPSA) is 127 Å². The van der Waals surface area contributed by atoms with Gasteiger partial charge in [-0.1, -0.05) is 12.1 Å². The van der Waals surface area contributed by atoms with Gasteiger partial charge in [0.15, 0.2) is 23.0 Å². The molecule has 2 N–H and O–H groups in total. The molecular formula is C24H30N2O9. The van der Waals surface area contributed by atoms with Gasteiger partial charge in [-0.2, -0.15) is 0 Å². The number of carbonyl (C=O) groups is 2. The molecule has 11 heteroatoms. The minimum Gasteiger partial charge on any atom is -0.493 e. The molecule has 0 radical (unpaired) electrons. The van der Waals surface area contributed by atoms with E-state index in [1.165, 1.54) is 5.56 Å². The standard InChI is InChI=1S/C22H28N2O5.C2H2O4/c1-25-19-7-5-17(21(26-2)22(19)27-3)14-24-10-8-23(9-11-24)13-16-4-6-18-20(12-16)29-15-28-18;3-1(4)2(5)6/h4-7,12H,8-11,13-15H2,1-3H3;(H,3,4)(H,5,6). The van der Waals surface area contributed by atoms with Crippen molar-refractivity contribution in [3.63, 3.8) is 0 Å². The Bertz CT molecular complexity index is 1020. The number of piperazine rings is 1. The lowest BCUT2D eigenvalue weighted by Crippen LogP contribution is -2.45. The van der Waals surface area contributed by atoms with Gasteiger partial charge in [-0.25, -0.2) is 9.59 Å². The second-order valence-corrected chi connectivity index (χ2v) is 7.84. The highest BCUT2D eigenvalue weighted by atomic mass is 16.7. The van der Waals surface area contributed by atoms with E-state index in [2.05, 4.69) is 28.0 Å². The smallest absolute Gasteiger partial charge is 0.414 e. The summed E-state index contributed by atoms with van der Waals surface area (Å²) in [5.41, 5.74) is 2.36. The van der Waals surface area contributed by atoms with Crippen molar-refractivity contribution >= 4 is 11.9 Å². The molecule has 0 saturated carbocycles. The van der Waals surface area contributed by atoms with Crippen LogP contribution in [-0.4, -0.2) is 86.3 Å². The molecule has 0 atom stereocenters. The van der Waals surface area contributed by atoms with Crippen molar-refractivity contribution in [2.24, 2.45) is 0 Å². The molecule has 2 aliphatic heterocycles. The maximum Gasteiger partial charge on any atom is 0.414 e. The zero-order valence-corrected chi connectivity index (χ0v) is 20.0. The molecule has 4 rings (SSSR count). The van der Waals surface area contributed by atoms with Crippen LogP contribution >= 0.6 is 0 Å². The van der Waals surface area contributed by atoms with Gasteiger partial charge in [-0.15, -0.1) is 0 Å². The average Bonchev–Trinajstić information content (AvgIpc) is 3.33.